The third-order valence-corrected chi connectivity index (χ3v) is 5.03. The van der Waals surface area contributed by atoms with E-state index in [4.69, 9.17) is 13.7 Å². The fourth-order valence-corrected chi connectivity index (χ4v) is 3.33. The van der Waals surface area contributed by atoms with Gasteiger partial charge >= 0.3 is 0 Å². The van der Waals surface area contributed by atoms with Gasteiger partial charge in [-0.15, -0.1) is 0 Å². The van der Waals surface area contributed by atoms with Crippen LogP contribution in [0, 0.1) is 20.8 Å². The number of rotatable bonds is 7. The first-order valence-corrected chi connectivity index (χ1v) is 9.60. The molecule has 1 aromatic carbocycles. The third-order valence-electron chi connectivity index (χ3n) is 5.03. The molecule has 3 rings (SSSR count). The van der Waals surface area contributed by atoms with Crippen LogP contribution < -0.4 is 15.5 Å². The van der Waals surface area contributed by atoms with E-state index in [1.807, 2.05) is 0 Å². The van der Waals surface area contributed by atoms with E-state index in [0.717, 1.165) is 5.56 Å². The maximum Gasteiger partial charge on any atom is 0.227 e. The van der Waals surface area contributed by atoms with Crippen LogP contribution >= 0.6 is 0 Å². The third kappa shape index (κ3) is 4.71. The summed E-state index contributed by atoms with van der Waals surface area (Å²) >= 11 is 0. The minimum absolute atomic E-state index is 0.0368. The number of methoxy groups -OCH3 is 1. The maximum absolute atomic E-state index is 12.8. The van der Waals surface area contributed by atoms with Crippen molar-refractivity contribution in [3.8, 4) is 17.2 Å². The van der Waals surface area contributed by atoms with Gasteiger partial charge in [-0.05, 0) is 38.5 Å². The molecule has 0 unspecified atom stereocenters. The van der Waals surface area contributed by atoms with Crippen molar-refractivity contribution in [2.24, 2.45) is 0 Å². The summed E-state index contributed by atoms with van der Waals surface area (Å²) in [4.78, 5) is 24.9. The minimum Gasteiger partial charge on any atom is -0.504 e. The molecule has 0 aliphatic rings. The summed E-state index contributed by atoms with van der Waals surface area (Å²) < 4.78 is 15.9. The zero-order chi connectivity index (χ0) is 22.7. The second-order valence-corrected chi connectivity index (χ2v) is 7.20. The minimum atomic E-state index is -0.799. The smallest absolute Gasteiger partial charge is 0.227 e. The van der Waals surface area contributed by atoms with Crippen molar-refractivity contribution in [3.63, 3.8) is 0 Å². The van der Waals surface area contributed by atoms with Crippen LogP contribution in [0.4, 0.5) is 0 Å². The van der Waals surface area contributed by atoms with E-state index in [1.54, 1.807) is 26.8 Å². The van der Waals surface area contributed by atoms with E-state index in [2.05, 4.69) is 10.5 Å². The molecule has 0 bridgehead atoms. The quantitative estimate of drug-likeness (QED) is 0.523. The zero-order valence-electron chi connectivity index (χ0n) is 17.7. The van der Waals surface area contributed by atoms with Gasteiger partial charge in [-0.25, -0.2) is 0 Å². The largest absolute Gasteiger partial charge is 0.504 e. The molecule has 0 saturated carbocycles. The lowest BCUT2D eigenvalue weighted by Gasteiger charge is -2.19. The SMILES string of the molecule is COc1cc([C@H](CC(=O)NCc2c(C)noc2C)c2oc(C)cc(=O)c2O)ccc1O. The molecule has 9 heteroatoms. The van der Waals surface area contributed by atoms with Crippen LogP contribution in [0.15, 0.2) is 38.0 Å². The van der Waals surface area contributed by atoms with Gasteiger partial charge in [0, 0.05) is 24.6 Å². The Morgan fingerprint density at radius 3 is 2.61 bits per heavy atom. The Morgan fingerprint density at radius 1 is 1.23 bits per heavy atom. The van der Waals surface area contributed by atoms with Crippen LogP contribution in [0.5, 0.6) is 17.2 Å². The highest BCUT2D eigenvalue weighted by Gasteiger charge is 2.27. The molecule has 31 heavy (non-hydrogen) atoms. The Morgan fingerprint density at radius 2 is 1.97 bits per heavy atom. The van der Waals surface area contributed by atoms with Gasteiger partial charge in [0.2, 0.25) is 17.1 Å². The predicted molar refractivity (Wildman–Crippen MR) is 110 cm³/mol. The van der Waals surface area contributed by atoms with Crippen molar-refractivity contribution in [2.75, 3.05) is 7.11 Å². The Bertz CT molecular complexity index is 1140. The van der Waals surface area contributed by atoms with Crippen molar-refractivity contribution in [1.29, 1.82) is 0 Å². The summed E-state index contributed by atoms with van der Waals surface area (Å²) in [5, 5.41) is 26.9. The van der Waals surface area contributed by atoms with E-state index in [-0.39, 0.29) is 36.1 Å². The first-order chi connectivity index (χ1) is 14.7. The number of ether oxygens (including phenoxy) is 1. The van der Waals surface area contributed by atoms with Crippen molar-refractivity contribution < 1.29 is 28.7 Å². The predicted octanol–water partition coefficient (Wildman–Crippen LogP) is 2.81. The van der Waals surface area contributed by atoms with Crippen LogP contribution in [0.2, 0.25) is 0 Å². The van der Waals surface area contributed by atoms with Crippen LogP contribution in [0.3, 0.4) is 0 Å². The van der Waals surface area contributed by atoms with Gasteiger partial charge in [0.1, 0.15) is 11.5 Å². The lowest BCUT2D eigenvalue weighted by Crippen LogP contribution is -2.25. The molecule has 3 N–H and O–H groups in total. The number of aromatic nitrogens is 1. The molecule has 1 amide bonds. The van der Waals surface area contributed by atoms with Gasteiger partial charge in [0.15, 0.2) is 17.3 Å². The Kier molecular flexibility index (Phi) is 6.33. The lowest BCUT2D eigenvalue weighted by atomic mass is 9.91. The van der Waals surface area contributed by atoms with Crippen LogP contribution in [0.25, 0.3) is 0 Å². The second kappa shape index (κ2) is 8.95. The molecule has 3 aromatic rings. The Labute approximate surface area is 178 Å². The van der Waals surface area contributed by atoms with Gasteiger partial charge in [-0.2, -0.15) is 0 Å². The maximum atomic E-state index is 12.8. The molecule has 164 valence electrons. The standard InChI is InChI=1S/C22H24N2O7/c1-11-7-18(26)21(28)22(30-11)15(14-5-6-17(25)19(8-14)29-4)9-20(27)23-10-16-12(2)24-31-13(16)3/h5-8,15,25,28H,9-10H2,1-4H3,(H,23,27)/t15-/m0/s1. The first kappa shape index (κ1) is 21.9. The second-order valence-electron chi connectivity index (χ2n) is 7.20. The number of carbonyl (C=O) groups excluding carboxylic acids is 1. The lowest BCUT2D eigenvalue weighted by molar-refractivity contribution is -0.121. The summed E-state index contributed by atoms with van der Waals surface area (Å²) in [6.45, 7) is 5.33. The average Bonchev–Trinajstić information content (AvgIpc) is 3.05. The fourth-order valence-electron chi connectivity index (χ4n) is 3.33. The van der Waals surface area contributed by atoms with E-state index in [0.29, 0.717) is 22.8 Å². The number of nitrogens with zero attached hydrogens (tertiary/aromatic N) is 1. The first-order valence-electron chi connectivity index (χ1n) is 9.60. The molecule has 0 fully saturated rings. The summed E-state index contributed by atoms with van der Waals surface area (Å²) in [6, 6.07) is 5.69. The van der Waals surface area contributed by atoms with Crippen molar-refractivity contribution in [1.82, 2.24) is 10.5 Å². The molecule has 9 nitrogen and oxygen atoms in total. The molecule has 0 saturated heterocycles. The average molecular weight is 428 g/mol. The van der Waals surface area contributed by atoms with Crippen LogP contribution in [-0.4, -0.2) is 28.4 Å². The summed E-state index contributed by atoms with van der Waals surface area (Å²) in [7, 11) is 1.40. The number of benzene rings is 1. The molecular formula is C22H24N2O7. The molecule has 0 aliphatic heterocycles. The number of nitrogens with one attached hydrogen (secondary N) is 1. The zero-order valence-corrected chi connectivity index (χ0v) is 17.7. The fraction of sp³-hybridized carbons (Fsp3) is 0.318. The van der Waals surface area contributed by atoms with Crippen molar-refractivity contribution >= 4 is 5.91 Å². The van der Waals surface area contributed by atoms with Gasteiger partial charge in [0.25, 0.3) is 0 Å². The normalized spacial score (nSPS) is 11.9. The summed E-state index contributed by atoms with van der Waals surface area (Å²) in [6.07, 6.45) is -0.128. The Balaban J connectivity index is 1.95. The number of carbonyl (C=O) groups is 1. The molecule has 0 aliphatic carbocycles. The van der Waals surface area contributed by atoms with E-state index in [1.165, 1.54) is 25.3 Å². The highest BCUT2D eigenvalue weighted by Crippen LogP contribution is 2.37. The molecule has 2 aromatic heterocycles. The van der Waals surface area contributed by atoms with Crippen LogP contribution in [0.1, 0.15) is 46.4 Å². The van der Waals surface area contributed by atoms with Gasteiger partial charge in [-0.3, -0.25) is 9.59 Å². The molecular weight excluding hydrogens is 404 g/mol. The highest BCUT2D eigenvalue weighted by atomic mass is 16.5. The van der Waals surface area contributed by atoms with Crippen molar-refractivity contribution in [2.45, 2.75) is 39.7 Å². The highest BCUT2D eigenvalue weighted by molar-refractivity contribution is 5.77. The van der Waals surface area contributed by atoms with E-state index in [9.17, 15) is 19.8 Å². The number of amides is 1. The number of phenols is 1. The van der Waals surface area contributed by atoms with Crippen molar-refractivity contribution in [3.05, 3.63) is 68.6 Å². The van der Waals surface area contributed by atoms with Gasteiger partial charge in [-0.1, -0.05) is 11.2 Å². The monoisotopic (exact) mass is 428 g/mol. The van der Waals surface area contributed by atoms with Gasteiger partial charge < -0.3 is 29.2 Å². The number of aryl methyl sites for hydroxylation is 3. The number of aromatic hydroxyl groups is 2. The number of hydrogen-bond acceptors (Lipinski definition) is 8. The number of hydrogen-bond donors (Lipinski definition) is 3. The topological polar surface area (TPSA) is 135 Å². The summed E-state index contributed by atoms with van der Waals surface area (Å²) in [5.41, 5.74) is 1.37. The molecule has 0 spiro atoms. The van der Waals surface area contributed by atoms with Gasteiger partial charge in [0.05, 0.1) is 18.7 Å². The van der Waals surface area contributed by atoms with Crippen LogP contribution in [-0.2, 0) is 11.3 Å². The molecule has 0 radical (unpaired) electrons. The van der Waals surface area contributed by atoms with E-state index < -0.39 is 17.1 Å². The van der Waals surface area contributed by atoms with E-state index >= 15 is 0 Å². The molecule has 2 heterocycles. The number of phenolic OH excluding ortho intramolecular Hbond substituents is 1. The Hall–Kier alpha value is -3.75. The summed E-state index contributed by atoms with van der Waals surface area (Å²) in [5.74, 6) is -0.737. The molecule has 1 atom stereocenters.